The van der Waals surface area contributed by atoms with Crippen molar-refractivity contribution in [3.05, 3.63) is 77.4 Å². The van der Waals surface area contributed by atoms with Gasteiger partial charge < -0.3 is 10.2 Å². The Kier molecular flexibility index (Phi) is 4.44. The molecule has 3 heterocycles. The molecule has 3 aromatic rings. The van der Waals surface area contributed by atoms with Crippen LogP contribution in [0.3, 0.4) is 0 Å². The summed E-state index contributed by atoms with van der Waals surface area (Å²) >= 11 is 0. The minimum atomic E-state index is 0.295. The van der Waals surface area contributed by atoms with Crippen molar-refractivity contribution < 1.29 is 0 Å². The van der Waals surface area contributed by atoms with E-state index in [1.54, 1.807) is 6.20 Å². The fourth-order valence-electron chi connectivity index (χ4n) is 3.13. The molecular formula is C20H18N6. The number of benzene rings is 1. The molecule has 0 amide bonds. The molecule has 1 aromatic carbocycles. The quantitative estimate of drug-likeness (QED) is 0.785. The number of nitrogens with one attached hydrogen (secondary N) is 1. The summed E-state index contributed by atoms with van der Waals surface area (Å²) in [6, 6.07) is 14.7. The first-order chi connectivity index (χ1) is 12.8. The van der Waals surface area contributed by atoms with E-state index in [0.29, 0.717) is 18.1 Å². The highest BCUT2D eigenvalue weighted by atomic mass is 15.2. The predicted octanol–water partition coefficient (Wildman–Crippen LogP) is 2.92. The molecule has 6 heteroatoms. The molecular weight excluding hydrogens is 324 g/mol. The van der Waals surface area contributed by atoms with Crippen LogP contribution in [-0.2, 0) is 19.5 Å². The third-order valence-corrected chi connectivity index (χ3v) is 4.53. The number of hydrogen-bond acceptors (Lipinski definition) is 6. The zero-order chi connectivity index (χ0) is 17.8. The minimum absolute atomic E-state index is 0.295. The van der Waals surface area contributed by atoms with E-state index in [0.717, 1.165) is 30.9 Å². The van der Waals surface area contributed by atoms with Crippen LogP contribution in [0.1, 0.15) is 22.4 Å². The van der Waals surface area contributed by atoms with Gasteiger partial charge in [-0.1, -0.05) is 30.3 Å². The van der Waals surface area contributed by atoms with Gasteiger partial charge in [-0.3, -0.25) is 0 Å². The van der Waals surface area contributed by atoms with Crippen LogP contribution >= 0.6 is 0 Å². The lowest BCUT2D eigenvalue weighted by Crippen LogP contribution is -2.30. The Hall–Kier alpha value is -3.46. The van der Waals surface area contributed by atoms with E-state index in [1.165, 1.54) is 17.3 Å². The highest BCUT2D eigenvalue weighted by Gasteiger charge is 2.16. The molecule has 6 nitrogen and oxygen atoms in total. The van der Waals surface area contributed by atoms with Crippen LogP contribution in [0.2, 0.25) is 0 Å². The van der Waals surface area contributed by atoms with Crippen molar-refractivity contribution in [3.8, 4) is 6.07 Å². The molecule has 1 aliphatic heterocycles. The smallest absolute Gasteiger partial charge is 0.182 e. The molecule has 0 radical (unpaired) electrons. The Morgan fingerprint density at radius 2 is 1.88 bits per heavy atom. The largest absolute Gasteiger partial charge is 0.364 e. The monoisotopic (exact) mass is 342 g/mol. The van der Waals surface area contributed by atoms with Crippen molar-refractivity contribution in [1.82, 2.24) is 15.0 Å². The number of pyridine rings is 1. The predicted molar refractivity (Wildman–Crippen MR) is 99.5 cm³/mol. The Morgan fingerprint density at radius 1 is 1.04 bits per heavy atom. The van der Waals surface area contributed by atoms with Gasteiger partial charge in [-0.2, -0.15) is 5.26 Å². The highest BCUT2D eigenvalue weighted by molar-refractivity contribution is 5.48. The molecule has 0 bridgehead atoms. The SMILES string of the molecule is N#Cc1nccnc1NCc1ccc(N2CCc3ccccc3C2)nc1. The van der Waals surface area contributed by atoms with Crippen LogP contribution in [0.4, 0.5) is 11.6 Å². The first-order valence-corrected chi connectivity index (χ1v) is 8.55. The van der Waals surface area contributed by atoms with Crippen molar-refractivity contribution in [2.75, 3.05) is 16.8 Å². The third-order valence-electron chi connectivity index (χ3n) is 4.53. The number of nitrogens with zero attached hydrogens (tertiary/aromatic N) is 5. The van der Waals surface area contributed by atoms with E-state index in [-0.39, 0.29) is 0 Å². The molecule has 1 N–H and O–H groups in total. The number of hydrogen-bond donors (Lipinski definition) is 1. The van der Waals surface area contributed by atoms with Crippen molar-refractivity contribution >= 4 is 11.6 Å². The molecule has 0 saturated carbocycles. The zero-order valence-corrected chi connectivity index (χ0v) is 14.3. The van der Waals surface area contributed by atoms with Gasteiger partial charge in [-0.05, 0) is 29.2 Å². The molecule has 0 atom stereocenters. The van der Waals surface area contributed by atoms with E-state index in [2.05, 4.69) is 55.5 Å². The average molecular weight is 342 g/mol. The summed E-state index contributed by atoms with van der Waals surface area (Å²) in [5.41, 5.74) is 4.13. The fraction of sp³-hybridized carbons (Fsp3) is 0.200. The summed E-state index contributed by atoms with van der Waals surface area (Å²) in [6.45, 7) is 2.42. The van der Waals surface area contributed by atoms with Crippen LogP contribution in [-0.4, -0.2) is 21.5 Å². The van der Waals surface area contributed by atoms with Crippen LogP contribution in [0.5, 0.6) is 0 Å². The fourth-order valence-corrected chi connectivity index (χ4v) is 3.13. The van der Waals surface area contributed by atoms with Gasteiger partial charge in [-0.25, -0.2) is 15.0 Å². The molecule has 26 heavy (non-hydrogen) atoms. The summed E-state index contributed by atoms with van der Waals surface area (Å²) < 4.78 is 0. The van der Waals surface area contributed by atoms with Gasteiger partial charge in [0, 0.05) is 38.2 Å². The Labute approximate surface area is 152 Å². The first-order valence-electron chi connectivity index (χ1n) is 8.55. The maximum atomic E-state index is 9.06. The van der Waals surface area contributed by atoms with E-state index in [1.807, 2.05) is 18.3 Å². The third kappa shape index (κ3) is 3.33. The standard InChI is InChI=1S/C20H18N6/c21-11-18-20(23-9-8-22-18)25-13-15-5-6-19(24-12-15)26-10-7-16-3-1-2-4-17(16)14-26/h1-6,8-9,12H,7,10,13-14H2,(H,23,25). The summed E-state index contributed by atoms with van der Waals surface area (Å²) in [5, 5.41) is 12.2. The Morgan fingerprint density at radius 3 is 2.69 bits per heavy atom. The van der Waals surface area contributed by atoms with Gasteiger partial charge in [0.15, 0.2) is 11.5 Å². The second-order valence-corrected chi connectivity index (χ2v) is 6.18. The Bertz CT molecular complexity index is 945. The maximum absolute atomic E-state index is 9.06. The van der Waals surface area contributed by atoms with Gasteiger partial charge in [0.25, 0.3) is 0 Å². The lowest BCUT2D eigenvalue weighted by atomic mass is 10.00. The lowest BCUT2D eigenvalue weighted by molar-refractivity contribution is 0.720. The maximum Gasteiger partial charge on any atom is 0.182 e. The molecule has 0 fully saturated rings. The number of rotatable bonds is 4. The van der Waals surface area contributed by atoms with Crippen LogP contribution in [0.25, 0.3) is 0 Å². The Balaban J connectivity index is 1.42. The van der Waals surface area contributed by atoms with Gasteiger partial charge in [0.05, 0.1) is 0 Å². The van der Waals surface area contributed by atoms with Crippen molar-refractivity contribution in [3.63, 3.8) is 0 Å². The molecule has 4 rings (SSSR count). The molecule has 0 saturated heterocycles. The number of nitriles is 1. The zero-order valence-electron chi connectivity index (χ0n) is 14.3. The normalized spacial score (nSPS) is 13.0. The number of aromatic nitrogens is 3. The second kappa shape index (κ2) is 7.19. The number of anilines is 2. The summed E-state index contributed by atoms with van der Waals surface area (Å²) in [6.07, 6.45) is 5.99. The summed E-state index contributed by atoms with van der Waals surface area (Å²) in [5.74, 6) is 1.48. The van der Waals surface area contributed by atoms with Crippen LogP contribution < -0.4 is 10.2 Å². The first kappa shape index (κ1) is 16.0. The van der Waals surface area contributed by atoms with Gasteiger partial charge in [0.1, 0.15) is 11.9 Å². The molecule has 0 spiro atoms. The van der Waals surface area contributed by atoms with E-state index in [4.69, 9.17) is 5.26 Å². The summed E-state index contributed by atoms with van der Waals surface area (Å²) in [7, 11) is 0. The van der Waals surface area contributed by atoms with Crippen molar-refractivity contribution in [2.24, 2.45) is 0 Å². The number of fused-ring (bicyclic) bond motifs is 1. The van der Waals surface area contributed by atoms with Gasteiger partial charge in [-0.15, -0.1) is 0 Å². The van der Waals surface area contributed by atoms with Gasteiger partial charge >= 0.3 is 0 Å². The summed E-state index contributed by atoms with van der Waals surface area (Å²) in [4.78, 5) is 15.1. The van der Waals surface area contributed by atoms with Crippen LogP contribution in [0, 0.1) is 11.3 Å². The molecule has 0 aliphatic carbocycles. The molecule has 128 valence electrons. The second-order valence-electron chi connectivity index (χ2n) is 6.18. The van der Waals surface area contributed by atoms with Crippen LogP contribution in [0.15, 0.2) is 55.0 Å². The van der Waals surface area contributed by atoms with E-state index in [9.17, 15) is 0 Å². The van der Waals surface area contributed by atoms with Gasteiger partial charge in [0.2, 0.25) is 0 Å². The minimum Gasteiger partial charge on any atom is -0.364 e. The van der Waals surface area contributed by atoms with Crippen molar-refractivity contribution in [2.45, 2.75) is 19.5 Å². The van der Waals surface area contributed by atoms with E-state index >= 15 is 0 Å². The topological polar surface area (TPSA) is 77.7 Å². The van der Waals surface area contributed by atoms with Crippen molar-refractivity contribution in [1.29, 1.82) is 5.26 Å². The molecule has 1 aliphatic rings. The highest BCUT2D eigenvalue weighted by Crippen LogP contribution is 2.23. The van der Waals surface area contributed by atoms with E-state index < -0.39 is 0 Å². The average Bonchev–Trinajstić information content (AvgIpc) is 2.72. The lowest BCUT2D eigenvalue weighted by Gasteiger charge is -2.29. The molecule has 2 aromatic heterocycles. The molecule has 0 unspecified atom stereocenters.